The highest BCUT2D eigenvalue weighted by molar-refractivity contribution is 7.95. The molecule has 9 heteroatoms. The van der Waals surface area contributed by atoms with Gasteiger partial charge in [0.05, 0.1) is 0 Å². The van der Waals surface area contributed by atoms with Crippen molar-refractivity contribution in [3.05, 3.63) is 29.3 Å². The summed E-state index contributed by atoms with van der Waals surface area (Å²) in [7, 11) is -5.74. The fourth-order valence-corrected chi connectivity index (χ4v) is 1.51. The first-order valence-corrected chi connectivity index (χ1v) is 8.13. The van der Waals surface area contributed by atoms with Crippen LogP contribution in [0, 0.1) is 0 Å². The zero-order valence-corrected chi connectivity index (χ0v) is 11.8. The van der Waals surface area contributed by atoms with Crippen molar-refractivity contribution in [3.8, 4) is 0 Å². The van der Waals surface area contributed by atoms with Gasteiger partial charge in [0.2, 0.25) is 0 Å². The largest absolute Gasteiger partial charge is 0.741 e. The predicted octanol–water partition coefficient (Wildman–Crippen LogP) is 2.63. The Kier molecular flexibility index (Phi) is 6.48. The van der Waals surface area contributed by atoms with Crippen molar-refractivity contribution in [1.82, 2.24) is 0 Å². The second kappa shape index (κ2) is 6.65. The van der Waals surface area contributed by atoms with Crippen LogP contribution in [0.2, 0.25) is 5.02 Å². The van der Waals surface area contributed by atoms with E-state index < -0.39 is 15.6 Å². The van der Waals surface area contributed by atoms with E-state index in [4.69, 9.17) is 24.6 Å². The summed E-state index contributed by atoms with van der Waals surface area (Å²) in [4.78, 5) is 1.37. The van der Waals surface area contributed by atoms with Gasteiger partial charge in [0.1, 0.15) is 12.5 Å². The highest BCUT2D eigenvalue weighted by atomic mass is 35.5. The van der Waals surface area contributed by atoms with E-state index in [0.29, 0.717) is 10.9 Å². The number of rotatable bonds is 1. The molecule has 0 amide bonds. The Morgan fingerprint density at radius 3 is 1.72 bits per heavy atom. The number of halogens is 4. The Balaban J connectivity index is 0.000000331. The molecular weight excluding hydrogens is 313 g/mol. The fourth-order valence-electron chi connectivity index (χ4n) is 0.707. The highest BCUT2D eigenvalue weighted by Crippen LogP contribution is 2.20. The molecule has 1 aromatic rings. The number of alkyl halides is 3. The van der Waals surface area contributed by atoms with E-state index >= 15 is 0 Å². The Morgan fingerprint density at radius 2 is 1.50 bits per heavy atom. The summed E-state index contributed by atoms with van der Waals surface area (Å²) in [6.07, 6.45) is 4.40. The van der Waals surface area contributed by atoms with E-state index in [9.17, 15) is 13.2 Å². The molecular formula is C9H10ClF3O3S2. The van der Waals surface area contributed by atoms with Crippen LogP contribution in [-0.2, 0) is 21.0 Å². The standard InChI is InChI=1S/C8H10ClS.CHF3O3S/c1-10(2)8-5-3-7(9)4-6-8;2-1(3,4)8(5,6)7/h3-6H,1-2H3;(H,5,6,7)/q+1;/p-1. The van der Waals surface area contributed by atoms with Crippen LogP contribution in [0.15, 0.2) is 29.2 Å². The normalized spacial score (nSPS) is 12.0. The first-order valence-electron chi connectivity index (χ1n) is 4.30. The van der Waals surface area contributed by atoms with Gasteiger partial charge >= 0.3 is 5.51 Å². The van der Waals surface area contributed by atoms with Gasteiger partial charge in [0.15, 0.2) is 15.0 Å². The van der Waals surface area contributed by atoms with Crippen LogP contribution < -0.4 is 0 Å². The molecule has 0 atom stereocenters. The maximum absolute atomic E-state index is 10.7. The van der Waals surface area contributed by atoms with Crippen LogP contribution in [0.3, 0.4) is 0 Å². The Bertz CT molecular complexity index is 469. The van der Waals surface area contributed by atoms with Crippen LogP contribution in [-0.4, -0.2) is 31.0 Å². The monoisotopic (exact) mass is 322 g/mol. The van der Waals surface area contributed by atoms with Crippen molar-refractivity contribution in [2.24, 2.45) is 0 Å². The smallest absolute Gasteiger partial charge is 0.485 e. The molecule has 0 aliphatic rings. The molecule has 104 valence electrons. The molecule has 18 heavy (non-hydrogen) atoms. The molecule has 0 spiro atoms. The van der Waals surface area contributed by atoms with E-state index in [-0.39, 0.29) is 0 Å². The molecule has 0 saturated heterocycles. The lowest BCUT2D eigenvalue weighted by Gasteiger charge is -2.08. The lowest BCUT2D eigenvalue weighted by molar-refractivity contribution is -0.0517. The lowest BCUT2D eigenvalue weighted by atomic mass is 10.4. The molecule has 1 rings (SSSR count). The summed E-state index contributed by atoms with van der Waals surface area (Å²) in [6.45, 7) is 0. The van der Waals surface area contributed by atoms with E-state index in [1.165, 1.54) is 4.90 Å². The average molecular weight is 323 g/mol. The molecule has 0 radical (unpaired) electrons. The Morgan fingerprint density at radius 1 is 1.17 bits per heavy atom. The van der Waals surface area contributed by atoms with Crippen LogP contribution in [0.4, 0.5) is 13.2 Å². The van der Waals surface area contributed by atoms with Gasteiger partial charge in [0.25, 0.3) is 0 Å². The predicted molar refractivity (Wildman–Crippen MR) is 64.7 cm³/mol. The van der Waals surface area contributed by atoms with Gasteiger partial charge < -0.3 is 4.55 Å². The summed E-state index contributed by atoms with van der Waals surface area (Å²) in [6, 6.07) is 8.02. The topological polar surface area (TPSA) is 57.2 Å². The molecule has 0 saturated carbocycles. The van der Waals surface area contributed by atoms with E-state index in [1.54, 1.807) is 0 Å². The first kappa shape index (κ1) is 17.6. The Labute approximate surface area is 111 Å². The quantitative estimate of drug-likeness (QED) is 0.454. The third-order valence-corrected chi connectivity index (χ3v) is 3.60. The van der Waals surface area contributed by atoms with Crippen molar-refractivity contribution in [3.63, 3.8) is 0 Å². The molecule has 0 N–H and O–H groups in total. The summed E-state index contributed by atoms with van der Waals surface area (Å²) >= 11 is 5.72. The fraction of sp³-hybridized carbons (Fsp3) is 0.333. The maximum Gasteiger partial charge on any atom is 0.485 e. The van der Waals surface area contributed by atoms with Gasteiger partial charge in [-0.25, -0.2) is 8.42 Å². The molecule has 3 nitrogen and oxygen atoms in total. The highest BCUT2D eigenvalue weighted by Gasteiger charge is 2.36. The SMILES string of the molecule is C[S+](C)c1ccc(Cl)cc1.O=S(=O)([O-])C(F)(F)F. The van der Waals surface area contributed by atoms with Crippen molar-refractivity contribution in [2.75, 3.05) is 12.5 Å². The molecule has 1 aromatic carbocycles. The zero-order chi connectivity index (χ0) is 14.6. The molecule has 0 unspecified atom stereocenters. The Hall–Kier alpha value is -0.440. The van der Waals surface area contributed by atoms with Crippen LogP contribution in [0.25, 0.3) is 0 Å². The summed E-state index contributed by atoms with van der Waals surface area (Å²) in [5.74, 6) is 0. The van der Waals surface area contributed by atoms with Gasteiger partial charge in [-0.05, 0) is 24.3 Å². The second-order valence-corrected chi connectivity index (χ2v) is 7.08. The zero-order valence-electron chi connectivity index (χ0n) is 9.36. The second-order valence-electron chi connectivity index (χ2n) is 3.17. The minimum atomic E-state index is -6.09. The molecule has 0 heterocycles. The van der Waals surface area contributed by atoms with Crippen molar-refractivity contribution in [2.45, 2.75) is 10.4 Å². The van der Waals surface area contributed by atoms with Crippen LogP contribution in [0.1, 0.15) is 0 Å². The number of benzene rings is 1. The lowest BCUT2D eigenvalue weighted by Crippen LogP contribution is -2.21. The number of hydrogen-bond acceptors (Lipinski definition) is 3. The molecule has 0 bridgehead atoms. The van der Waals surface area contributed by atoms with Crippen molar-refractivity contribution >= 4 is 32.6 Å². The van der Waals surface area contributed by atoms with Crippen molar-refractivity contribution in [1.29, 1.82) is 0 Å². The third kappa shape index (κ3) is 6.48. The summed E-state index contributed by atoms with van der Waals surface area (Å²) in [5, 5.41) is 0.814. The summed E-state index contributed by atoms with van der Waals surface area (Å²) < 4.78 is 58.9. The molecule has 0 aromatic heterocycles. The minimum Gasteiger partial charge on any atom is -0.741 e. The van der Waals surface area contributed by atoms with Gasteiger partial charge in [-0.15, -0.1) is 0 Å². The average Bonchev–Trinajstić information content (AvgIpc) is 2.16. The maximum atomic E-state index is 10.7. The van der Waals surface area contributed by atoms with E-state index in [1.807, 2.05) is 12.1 Å². The number of hydrogen-bond donors (Lipinski definition) is 0. The third-order valence-electron chi connectivity index (χ3n) is 1.57. The van der Waals surface area contributed by atoms with Gasteiger partial charge in [0, 0.05) is 15.9 Å². The molecule has 0 fully saturated rings. The first-order chi connectivity index (χ1) is 7.95. The van der Waals surface area contributed by atoms with Crippen LogP contribution >= 0.6 is 11.6 Å². The minimum absolute atomic E-state index is 0.354. The van der Waals surface area contributed by atoms with Gasteiger partial charge in [-0.1, -0.05) is 11.6 Å². The van der Waals surface area contributed by atoms with Crippen molar-refractivity contribution < 1.29 is 26.1 Å². The molecule has 0 aliphatic carbocycles. The molecule has 0 aliphatic heterocycles. The van der Waals surface area contributed by atoms with Gasteiger partial charge in [-0.2, -0.15) is 13.2 Å². The van der Waals surface area contributed by atoms with E-state index in [0.717, 1.165) is 5.02 Å². The summed E-state index contributed by atoms with van der Waals surface area (Å²) in [5.41, 5.74) is -5.65. The van der Waals surface area contributed by atoms with E-state index in [2.05, 4.69) is 24.6 Å². The van der Waals surface area contributed by atoms with Crippen LogP contribution in [0.5, 0.6) is 0 Å². The van der Waals surface area contributed by atoms with Gasteiger partial charge in [-0.3, -0.25) is 0 Å².